The van der Waals surface area contributed by atoms with E-state index in [2.05, 4.69) is 10.3 Å². The van der Waals surface area contributed by atoms with E-state index in [0.717, 1.165) is 12.1 Å². The molecule has 1 heterocycles. The standard InChI is InChI=1S/C11H17N3O2/c1-8-6-10(12)9(7-14-8)11(15)13-4-3-5-16-2/h6-7H,3-5H2,1-2H3,(H2,12,14)(H,13,15). The highest BCUT2D eigenvalue weighted by atomic mass is 16.5. The van der Waals surface area contributed by atoms with Crippen LogP contribution < -0.4 is 11.1 Å². The van der Waals surface area contributed by atoms with E-state index in [1.54, 1.807) is 13.2 Å². The predicted octanol–water partition coefficient (Wildman–Crippen LogP) is 0.739. The van der Waals surface area contributed by atoms with Crippen molar-refractivity contribution in [1.82, 2.24) is 10.3 Å². The zero-order valence-electron chi connectivity index (χ0n) is 9.62. The monoisotopic (exact) mass is 223 g/mol. The predicted molar refractivity (Wildman–Crippen MR) is 62.2 cm³/mol. The third-order valence-electron chi connectivity index (χ3n) is 2.13. The summed E-state index contributed by atoms with van der Waals surface area (Å²) in [6, 6.07) is 1.68. The van der Waals surface area contributed by atoms with Crippen LogP contribution in [0, 0.1) is 6.92 Å². The van der Waals surface area contributed by atoms with Crippen LogP contribution >= 0.6 is 0 Å². The summed E-state index contributed by atoms with van der Waals surface area (Å²) in [6.45, 7) is 3.03. The molecule has 0 saturated heterocycles. The minimum Gasteiger partial charge on any atom is -0.398 e. The van der Waals surface area contributed by atoms with Crippen molar-refractivity contribution >= 4 is 11.6 Å². The zero-order chi connectivity index (χ0) is 12.0. The first kappa shape index (κ1) is 12.4. The molecular formula is C11H17N3O2. The van der Waals surface area contributed by atoms with Gasteiger partial charge in [0.2, 0.25) is 0 Å². The van der Waals surface area contributed by atoms with Crippen molar-refractivity contribution in [2.75, 3.05) is 26.0 Å². The molecule has 0 bridgehead atoms. The largest absolute Gasteiger partial charge is 0.398 e. The summed E-state index contributed by atoms with van der Waals surface area (Å²) in [5, 5.41) is 2.76. The number of amides is 1. The summed E-state index contributed by atoms with van der Waals surface area (Å²) < 4.78 is 4.88. The summed E-state index contributed by atoms with van der Waals surface area (Å²) >= 11 is 0. The Morgan fingerprint density at radius 1 is 1.62 bits per heavy atom. The molecule has 0 atom stereocenters. The van der Waals surface area contributed by atoms with Crippen molar-refractivity contribution in [2.24, 2.45) is 0 Å². The smallest absolute Gasteiger partial charge is 0.254 e. The third kappa shape index (κ3) is 3.51. The lowest BCUT2D eigenvalue weighted by atomic mass is 10.2. The number of nitrogens with two attached hydrogens (primary N) is 1. The second-order valence-electron chi connectivity index (χ2n) is 3.52. The van der Waals surface area contributed by atoms with Crippen LogP contribution in [0.15, 0.2) is 12.3 Å². The molecule has 1 aromatic rings. The van der Waals surface area contributed by atoms with Gasteiger partial charge in [0.05, 0.1) is 5.56 Å². The number of hydrogen-bond donors (Lipinski definition) is 2. The van der Waals surface area contributed by atoms with Crippen LogP contribution in [0.25, 0.3) is 0 Å². The van der Waals surface area contributed by atoms with Gasteiger partial charge in [0.25, 0.3) is 5.91 Å². The van der Waals surface area contributed by atoms with Crippen molar-refractivity contribution in [3.05, 3.63) is 23.5 Å². The average molecular weight is 223 g/mol. The molecule has 88 valence electrons. The highest BCUT2D eigenvalue weighted by Gasteiger charge is 2.09. The Bertz CT molecular complexity index is 366. The molecule has 0 saturated carbocycles. The number of nitrogen functional groups attached to an aromatic ring is 1. The fraction of sp³-hybridized carbons (Fsp3) is 0.455. The first-order chi connectivity index (χ1) is 7.65. The normalized spacial score (nSPS) is 10.1. The molecule has 1 aromatic heterocycles. The number of pyridine rings is 1. The van der Waals surface area contributed by atoms with E-state index < -0.39 is 0 Å². The van der Waals surface area contributed by atoms with Gasteiger partial charge in [0, 0.05) is 37.8 Å². The molecule has 5 heteroatoms. The number of hydrogen-bond acceptors (Lipinski definition) is 4. The van der Waals surface area contributed by atoms with Gasteiger partial charge in [-0.2, -0.15) is 0 Å². The van der Waals surface area contributed by atoms with E-state index in [4.69, 9.17) is 10.5 Å². The molecule has 3 N–H and O–H groups in total. The Labute approximate surface area is 95.0 Å². The number of aryl methyl sites for hydroxylation is 1. The van der Waals surface area contributed by atoms with Crippen molar-refractivity contribution in [3.8, 4) is 0 Å². The topological polar surface area (TPSA) is 77.2 Å². The molecule has 5 nitrogen and oxygen atoms in total. The minimum absolute atomic E-state index is 0.193. The van der Waals surface area contributed by atoms with E-state index in [0.29, 0.717) is 24.4 Å². The summed E-state index contributed by atoms with van der Waals surface area (Å²) in [6.07, 6.45) is 2.28. The number of ether oxygens (including phenoxy) is 1. The van der Waals surface area contributed by atoms with Gasteiger partial charge in [-0.15, -0.1) is 0 Å². The Hall–Kier alpha value is -1.62. The molecule has 1 amide bonds. The van der Waals surface area contributed by atoms with Crippen molar-refractivity contribution in [3.63, 3.8) is 0 Å². The number of nitrogens with one attached hydrogen (secondary N) is 1. The SMILES string of the molecule is COCCCNC(=O)c1cnc(C)cc1N. The van der Waals surface area contributed by atoms with E-state index >= 15 is 0 Å². The number of anilines is 1. The molecular weight excluding hydrogens is 206 g/mol. The van der Waals surface area contributed by atoms with Gasteiger partial charge in [0.15, 0.2) is 0 Å². The van der Waals surface area contributed by atoms with E-state index in [-0.39, 0.29) is 5.91 Å². The maximum atomic E-state index is 11.7. The number of carbonyl (C=O) groups is 1. The fourth-order valence-corrected chi connectivity index (χ4v) is 1.28. The summed E-state index contributed by atoms with van der Waals surface area (Å²) in [4.78, 5) is 15.7. The van der Waals surface area contributed by atoms with Gasteiger partial charge in [0.1, 0.15) is 0 Å². The number of nitrogens with zero attached hydrogens (tertiary/aromatic N) is 1. The lowest BCUT2D eigenvalue weighted by Gasteiger charge is -2.07. The van der Waals surface area contributed by atoms with Gasteiger partial charge >= 0.3 is 0 Å². The van der Waals surface area contributed by atoms with Gasteiger partial charge in [-0.3, -0.25) is 9.78 Å². The molecule has 0 radical (unpaired) electrons. The Morgan fingerprint density at radius 2 is 2.38 bits per heavy atom. The molecule has 0 aromatic carbocycles. The molecule has 0 aliphatic heterocycles. The molecule has 0 aliphatic rings. The Morgan fingerprint density at radius 3 is 3.00 bits per heavy atom. The maximum Gasteiger partial charge on any atom is 0.254 e. The number of carbonyl (C=O) groups excluding carboxylic acids is 1. The number of aromatic nitrogens is 1. The number of rotatable bonds is 5. The second kappa shape index (κ2) is 6.07. The lowest BCUT2D eigenvalue weighted by Crippen LogP contribution is -2.26. The molecule has 0 spiro atoms. The van der Waals surface area contributed by atoms with Gasteiger partial charge < -0.3 is 15.8 Å². The van der Waals surface area contributed by atoms with Crippen molar-refractivity contribution < 1.29 is 9.53 Å². The van der Waals surface area contributed by atoms with Crippen LogP contribution in [-0.2, 0) is 4.74 Å². The van der Waals surface area contributed by atoms with Crippen LogP contribution in [0.1, 0.15) is 22.5 Å². The van der Waals surface area contributed by atoms with E-state index in [1.165, 1.54) is 6.20 Å². The quantitative estimate of drug-likeness (QED) is 0.722. The van der Waals surface area contributed by atoms with Crippen molar-refractivity contribution in [2.45, 2.75) is 13.3 Å². The van der Waals surface area contributed by atoms with Gasteiger partial charge in [-0.05, 0) is 19.4 Å². The minimum atomic E-state index is -0.193. The van der Waals surface area contributed by atoms with E-state index in [9.17, 15) is 4.79 Å². The third-order valence-corrected chi connectivity index (χ3v) is 2.13. The van der Waals surface area contributed by atoms with E-state index in [1.807, 2.05) is 6.92 Å². The van der Waals surface area contributed by atoms with Gasteiger partial charge in [-0.1, -0.05) is 0 Å². The molecule has 0 unspecified atom stereocenters. The van der Waals surface area contributed by atoms with Gasteiger partial charge in [-0.25, -0.2) is 0 Å². The molecule has 16 heavy (non-hydrogen) atoms. The summed E-state index contributed by atoms with van der Waals surface area (Å²) in [7, 11) is 1.63. The van der Waals surface area contributed by atoms with Crippen LogP contribution in [0.5, 0.6) is 0 Å². The summed E-state index contributed by atoms with van der Waals surface area (Å²) in [5.41, 5.74) is 7.40. The van der Waals surface area contributed by atoms with Crippen molar-refractivity contribution in [1.29, 1.82) is 0 Å². The highest BCUT2D eigenvalue weighted by molar-refractivity contribution is 5.98. The Kier molecular flexibility index (Phi) is 4.72. The molecule has 1 rings (SSSR count). The van der Waals surface area contributed by atoms with Crippen LogP contribution in [0.4, 0.5) is 5.69 Å². The maximum absolute atomic E-state index is 11.7. The zero-order valence-corrected chi connectivity index (χ0v) is 9.62. The average Bonchev–Trinajstić information content (AvgIpc) is 2.24. The number of methoxy groups -OCH3 is 1. The lowest BCUT2D eigenvalue weighted by molar-refractivity contribution is 0.0949. The highest BCUT2D eigenvalue weighted by Crippen LogP contribution is 2.10. The van der Waals surface area contributed by atoms with Crippen LogP contribution in [0.2, 0.25) is 0 Å². The second-order valence-corrected chi connectivity index (χ2v) is 3.52. The first-order valence-electron chi connectivity index (χ1n) is 5.14. The molecule has 0 aliphatic carbocycles. The Balaban J connectivity index is 2.53. The summed E-state index contributed by atoms with van der Waals surface area (Å²) in [5.74, 6) is -0.193. The van der Waals surface area contributed by atoms with Crippen LogP contribution in [0.3, 0.4) is 0 Å². The van der Waals surface area contributed by atoms with Crippen LogP contribution in [-0.4, -0.2) is 31.2 Å². The first-order valence-corrected chi connectivity index (χ1v) is 5.14. The molecule has 0 fully saturated rings. The fourth-order valence-electron chi connectivity index (χ4n) is 1.28.